The maximum Gasteiger partial charge on any atom is 0.253 e. The van der Waals surface area contributed by atoms with E-state index in [1.54, 1.807) is 12.3 Å². The number of carbonyl (C=O) groups excluding carboxylic acids is 2. The van der Waals surface area contributed by atoms with Crippen LogP contribution in [0.4, 0.5) is 4.39 Å². The van der Waals surface area contributed by atoms with Gasteiger partial charge in [0.25, 0.3) is 11.8 Å². The molecular formula is C30H25FN4O2. The molecule has 37 heavy (non-hydrogen) atoms. The molecule has 1 aliphatic heterocycles. The number of aromatic nitrogens is 2. The predicted molar refractivity (Wildman–Crippen MR) is 138 cm³/mol. The van der Waals surface area contributed by atoms with Crippen molar-refractivity contribution >= 4 is 11.8 Å². The molecule has 1 spiro atoms. The van der Waals surface area contributed by atoms with Gasteiger partial charge in [0.2, 0.25) is 0 Å². The summed E-state index contributed by atoms with van der Waals surface area (Å²) in [6.45, 7) is 0.388. The van der Waals surface area contributed by atoms with Gasteiger partial charge in [-0.05, 0) is 66.6 Å². The van der Waals surface area contributed by atoms with Gasteiger partial charge in [-0.2, -0.15) is 0 Å². The lowest BCUT2D eigenvalue weighted by Crippen LogP contribution is -2.43. The first-order chi connectivity index (χ1) is 18.0. The number of fused-ring (bicyclic) bond motifs is 5. The van der Waals surface area contributed by atoms with Gasteiger partial charge in [-0.3, -0.25) is 14.6 Å². The highest BCUT2D eigenvalue weighted by Gasteiger charge is 2.49. The van der Waals surface area contributed by atoms with Crippen molar-refractivity contribution in [1.29, 1.82) is 0 Å². The minimum Gasteiger partial charge on any atom is -0.357 e. The van der Waals surface area contributed by atoms with Crippen LogP contribution in [0.5, 0.6) is 0 Å². The lowest BCUT2D eigenvalue weighted by Gasteiger charge is -2.24. The lowest BCUT2D eigenvalue weighted by molar-refractivity contribution is 0.0915. The molecule has 0 radical (unpaired) electrons. The Labute approximate surface area is 213 Å². The van der Waals surface area contributed by atoms with E-state index in [-0.39, 0.29) is 22.9 Å². The lowest BCUT2D eigenvalue weighted by atomic mass is 9.87. The van der Waals surface area contributed by atoms with Gasteiger partial charge >= 0.3 is 0 Å². The van der Waals surface area contributed by atoms with Crippen LogP contribution in [0.3, 0.4) is 0 Å². The summed E-state index contributed by atoms with van der Waals surface area (Å²) in [5.74, 6) is -0.708. The predicted octanol–water partition coefficient (Wildman–Crippen LogP) is 4.73. The van der Waals surface area contributed by atoms with Crippen LogP contribution in [0.1, 0.15) is 55.9 Å². The zero-order valence-corrected chi connectivity index (χ0v) is 20.2. The molecule has 184 valence electrons. The Morgan fingerprint density at radius 1 is 1.05 bits per heavy atom. The number of amides is 2. The number of carbonyl (C=O) groups is 2. The van der Waals surface area contributed by atoms with E-state index in [9.17, 15) is 14.0 Å². The molecule has 7 heteroatoms. The SMILES string of the molecule is O=C(NCc1ccccc1)c1ccc(F)c(-c2cc3c(cn2)CCc2c-3[nH]c3c2C(=O)NC2(CC2)C3)c1. The van der Waals surface area contributed by atoms with Gasteiger partial charge < -0.3 is 15.6 Å². The highest BCUT2D eigenvalue weighted by atomic mass is 19.1. The molecule has 3 N–H and O–H groups in total. The van der Waals surface area contributed by atoms with Gasteiger partial charge in [0.15, 0.2) is 0 Å². The number of rotatable bonds is 4. The van der Waals surface area contributed by atoms with Crippen molar-refractivity contribution in [1.82, 2.24) is 20.6 Å². The maximum atomic E-state index is 15.0. The normalized spacial score (nSPS) is 16.4. The van der Waals surface area contributed by atoms with E-state index < -0.39 is 5.82 Å². The number of aromatic amines is 1. The molecule has 0 unspecified atom stereocenters. The summed E-state index contributed by atoms with van der Waals surface area (Å²) in [7, 11) is 0. The van der Waals surface area contributed by atoms with Crippen LogP contribution < -0.4 is 10.6 Å². The van der Waals surface area contributed by atoms with Gasteiger partial charge in [-0.25, -0.2) is 4.39 Å². The topological polar surface area (TPSA) is 86.9 Å². The molecule has 4 aromatic rings. The van der Waals surface area contributed by atoms with Crippen molar-refractivity contribution < 1.29 is 14.0 Å². The molecule has 0 saturated heterocycles. The molecule has 7 rings (SSSR count). The number of H-pyrrole nitrogens is 1. The summed E-state index contributed by atoms with van der Waals surface area (Å²) < 4.78 is 15.0. The third kappa shape index (κ3) is 3.73. The first kappa shape index (κ1) is 22.0. The van der Waals surface area contributed by atoms with Crippen LogP contribution in [0.25, 0.3) is 22.5 Å². The number of aryl methyl sites for hydroxylation is 1. The summed E-state index contributed by atoms with van der Waals surface area (Å²) in [4.78, 5) is 33.8. The first-order valence-corrected chi connectivity index (χ1v) is 12.7. The minimum absolute atomic E-state index is 0.00856. The Morgan fingerprint density at radius 2 is 1.89 bits per heavy atom. The Morgan fingerprint density at radius 3 is 2.70 bits per heavy atom. The molecule has 2 aliphatic carbocycles. The van der Waals surface area contributed by atoms with Gasteiger partial charge in [-0.15, -0.1) is 0 Å². The van der Waals surface area contributed by atoms with Crippen molar-refractivity contribution in [2.24, 2.45) is 0 Å². The fourth-order valence-corrected chi connectivity index (χ4v) is 5.69. The summed E-state index contributed by atoms with van der Waals surface area (Å²) in [6.07, 6.45) is 6.17. The third-order valence-corrected chi connectivity index (χ3v) is 7.86. The van der Waals surface area contributed by atoms with E-state index in [0.29, 0.717) is 17.8 Å². The highest BCUT2D eigenvalue weighted by Crippen LogP contribution is 2.45. The van der Waals surface area contributed by atoms with E-state index in [1.165, 1.54) is 12.1 Å². The Kier molecular flexibility index (Phi) is 4.83. The van der Waals surface area contributed by atoms with Crippen molar-refractivity contribution in [2.45, 2.75) is 44.2 Å². The summed E-state index contributed by atoms with van der Waals surface area (Å²) in [6, 6.07) is 15.9. The monoisotopic (exact) mass is 492 g/mol. The van der Waals surface area contributed by atoms with Crippen LogP contribution in [-0.2, 0) is 25.8 Å². The zero-order chi connectivity index (χ0) is 25.1. The first-order valence-electron chi connectivity index (χ1n) is 12.7. The average Bonchev–Trinajstić information content (AvgIpc) is 3.53. The zero-order valence-electron chi connectivity index (χ0n) is 20.2. The molecular weight excluding hydrogens is 467 g/mol. The molecule has 0 atom stereocenters. The molecule has 0 bridgehead atoms. The fourth-order valence-electron chi connectivity index (χ4n) is 5.69. The van der Waals surface area contributed by atoms with Gasteiger partial charge in [0, 0.05) is 47.1 Å². The van der Waals surface area contributed by atoms with Gasteiger partial charge in [0.05, 0.1) is 17.0 Å². The van der Waals surface area contributed by atoms with Crippen molar-refractivity contribution in [3.63, 3.8) is 0 Å². The minimum atomic E-state index is -0.441. The quantitative estimate of drug-likeness (QED) is 0.385. The number of hydrogen-bond donors (Lipinski definition) is 3. The Hall–Kier alpha value is -4.26. The van der Waals surface area contributed by atoms with E-state index in [1.807, 2.05) is 36.4 Å². The molecule has 3 heterocycles. The Bertz CT molecular complexity index is 1590. The second kappa shape index (κ2) is 8.13. The molecule has 3 aliphatic rings. The largest absolute Gasteiger partial charge is 0.357 e. The van der Waals surface area contributed by atoms with Crippen LogP contribution in [0, 0.1) is 5.82 Å². The van der Waals surface area contributed by atoms with Crippen LogP contribution in [0.15, 0.2) is 60.8 Å². The molecule has 6 nitrogen and oxygen atoms in total. The second-order valence-electron chi connectivity index (χ2n) is 10.3. The van der Waals surface area contributed by atoms with E-state index in [0.717, 1.165) is 71.3 Å². The summed E-state index contributed by atoms with van der Waals surface area (Å²) >= 11 is 0. The average molecular weight is 493 g/mol. The smallest absolute Gasteiger partial charge is 0.253 e. The number of nitrogens with one attached hydrogen (secondary N) is 3. The maximum absolute atomic E-state index is 15.0. The standard InChI is InChI=1S/C30H25FN4O2/c31-23-9-7-18(28(36)33-15-17-4-2-1-3-5-17)12-22(23)24-13-21-19(16-32-24)6-8-20-26-25(34-27(20)21)14-30(10-11-30)35-29(26)37/h1-5,7,9,12-13,16,34H,6,8,10-11,14-15H2,(H,33,36)(H,35,37). The van der Waals surface area contributed by atoms with Crippen LogP contribution >= 0.6 is 0 Å². The van der Waals surface area contributed by atoms with E-state index in [4.69, 9.17) is 0 Å². The molecule has 2 aromatic carbocycles. The summed E-state index contributed by atoms with van der Waals surface area (Å²) in [5.41, 5.74) is 7.75. The van der Waals surface area contributed by atoms with Crippen molar-refractivity contribution in [3.05, 3.63) is 100 Å². The van der Waals surface area contributed by atoms with Crippen molar-refractivity contribution in [3.8, 4) is 22.5 Å². The highest BCUT2D eigenvalue weighted by molar-refractivity contribution is 6.01. The van der Waals surface area contributed by atoms with E-state index >= 15 is 0 Å². The second-order valence-corrected chi connectivity index (χ2v) is 10.3. The molecule has 1 fully saturated rings. The number of benzene rings is 2. The number of halogens is 1. The number of nitrogens with zero attached hydrogens (tertiary/aromatic N) is 1. The third-order valence-electron chi connectivity index (χ3n) is 7.86. The molecule has 2 aromatic heterocycles. The Balaban J connectivity index is 1.22. The van der Waals surface area contributed by atoms with E-state index in [2.05, 4.69) is 20.6 Å². The van der Waals surface area contributed by atoms with Crippen LogP contribution in [0.2, 0.25) is 0 Å². The van der Waals surface area contributed by atoms with Crippen LogP contribution in [-0.4, -0.2) is 27.3 Å². The van der Waals surface area contributed by atoms with Gasteiger partial charge in [0.1, 0.15) is 5.82 Å². The number of hydrogen-bond acceptors (Lipinski definition) is 3. The van der Waals surface area contributed by atoms with Gasteiger partial charge in [-0.1, -0.05) is 30.3 Å². The summed E-state index contributed by atoms with van der Waals surface area (Å²) in [5, 5.41) is 6.10. The van der Waals surface area contributed by atoms with Crippen molar-refractivity contribution in [2.75, 3.05) is 0 Å². The molecule has 2 amide bonds. The molecule has 1 saturated carbocycles. The number of pyridine rings is 1. The fraction of sp³-hybridized carbons (Fsp3) is 0.233.